The molecule has 0 bridgehead atoms. The van der Waals surface area contributed by atoms with E-state index in [4.69, 9.17) is 11.6 Å². The van der Waals surface area contributed by atoms with Crippen LogP contribution in [0.3, 0.4) is 0 Å². The van der Waals surface area contributed by atoms with E-state index in [0.29, 0.717) is 0 Å². The fourth-order valence-electron chi connectivity index (χ4n) is 5.05. The maximum atomic E-state index is 6.94. The van der Waals surface area contributed by atoms with Gasteiger partial charge in [-0.3, -0.25) is 0 Å². The molecule has 1 heteroatoms. The van der Waals surface area contributed by atoms with Crippen molar-refractivity contribution < 1.29 is 0 Å². The molecule has 0 nitrogen and oxygen atoms in total. The summed E-state index contributed by atoms with van der Waals surface area (Å²) in [5, 5.41) is 0.818. The summed E-state index contributed by atoms with van der Waals surface area (Å²) in [7, 11) is 0. The van der Waals surface area contributed by atoms with Crippen molar-refractivity contribution in [2.45, 2.75) is 19.3 Å². The largest absolute Gasteiger partial charge is 0.0840 e. The first kappa shape index (κ1) is 17.3. The van der Waals surface area contributed by atoms with Gasteiger partial charge in [-0.2, -0.15) is 0 Å². The van der Waals surface area contributed by atoms with Gasteiger partial charge in [-0.25, -0.2) is 0 Å². The van der Waals surface area contributed by atoms with Gasteiger partial charge in [0.2, 0.25) is 0 Å². The van der Waals surface area contributed by atoms with Crippen molar-refractivity contribution in [2.75, 3.05) is 0 Å². The average molecular weight is 381 g/mol. The molecule has 0 fully saturated rings. The van der Waals surface area contributed by atoms with Gasteiger partial charge in [-0.1, -0.05) is 102 Å². The van der Waals surface area contributed by atoms with Crippen molar-refractivity contribution in [3.05, 3.63) is 129 Å². The van der Waals surface area contributed by atoms with Gasteiger partial charge in [0.25, 0.3) is 0 Å². The van der Waals surface area contributed by atoms with E-state index < -0.39 is 5.41 Å². The molecule has 136 valence electrons. The van der Waals surface area contributed by atoms with Gasteiger partial charge in [0, 0.05) is 5.02 Å². The Hall–Kier alpha value is -2.83. The lowest BCUT2D eigenvalue weighted by molar-refractivity contribution is 0.762. The highest BCUT2D eigenvalue weighted by atomic mass is 35.5. The van der Waals surface area contributed by atoms with Crippen LogP contribution in [0.1, 0.15) is 33.4 Å². The Morgan fingerprint density at radius 1 is 0.607 bits per heavy atom. The van der Waals surface area contributed by atoms with Crippen molar-refractivity contribution in [3.63, 3.8) is 0 Å². The number of halogens is 1. The molecule has 0 saturated carbocycles. The van der Waals surface area contributed by atoms with Crippen LogP contribution in [-0.4, -0.2) is 0 Å². The van der Waals surface area contributed by atoms with Crippen molar-refractivity contribution in [3.8, 4) is 11.1 Å². The van der Waals surface area contributed by atoms with Crippen LogP contribution in [0, 0.1) is 13.8 Å². The molecular weight excluding hydrogens is 360 g/mol. The third kappa shape index (κ3) is 2.25. The van der Waals surface area contributed by atoms with Gasteiger partial charge < -0.3 is 0 Å². The lowest BCUT2D eigenvalue weighted by atomic mass is 9.66. The standard InChI is InChI=1S/C27H21Cl/c1-18-16-19(2)25-23(17-18)22-14-9-15-24(28)26(22)27(25,20-10-5-3-6-11-20)21-12-7-4-8-13-21/h3-17H,1-2H3. The van der Waals surface area contributed by atoms with Crippen LogP contribution >= 0.6 is 11.6 Å². The summed E-state index contributed by atoms with van der Waals surface area (Å²) in [5.41, 5.74) is 9.74. The number of aryl methyl sites for hydroxylation is 2. The van der Waals surface area contributed by atoms with Crippen molar-refractivity contribution in [1.29, 1.82) is 0 Å². The second-order valence-electron chi connectivity index (χ2n) is 7.65. The Balaban J connectivity index is 2.05. The zero-order valence-electron chi connectivity index (χ0n) is 16.0. The highest BCUT2D eigenvalue weighted by Crippen LogP contribution is 2.59. The monoisotopic (exact) mass is 380 g/mol. The fraction of sp³-hybridized carbons (Fsp3) is 0.111. The highest BCUT2D eigenvalue weighted by molar-refractivity contribution is 6.32. The molecule has 0 radical (unpaired) electrons. The van der Waals surface area contributed by atoms with Crippen LogP contribution in [0.2, 0.25) is 5.02 Å². The first-order valence-electron chi connectivity index (χ1n) is 9.66. The van der Waals surface area contributed by atoms with E-state index in [1.54, 1.807) is 0 Å². The molecule has 1 aliphatic rings. The van der Waals surface area contributed by atoms with Gasteiger partial charge in [-0.05, 0) is 58.9 Å². The summed E-state index contributed by atoms with van der Waals surface area (Å²) in [6.07, 6.45) is 0. The Morgan fingerprint density at radius 2 is 1.21 bits per heavy atom. The van der Waals surface area contributed by atoms with Crippen LogP contribution in [0.25, 0.3) is 11.1 Å². The molecule has 4 aromatic rings. The molecule has 0 saturated heterocycles. The Morgan fingerprint density at radius 3 is 1.82 bits per heavy atom. The summed E-state index contributed by atoms with van der Waals surface area (Å²) >= 11 is 6.94. The molecule has 0 aromatic heterocycles. The van der Waals surface area contributed by atoms with Gasteiger partial charge in [0.15, 0.2) is 0 Å². The summed E-state index contributed by atoms with van der Waals surface area (Å²) < 4.78 is 0. The van der Waals surface area contributed by atoms with Gasteiger partial charge >= 0.3 is 0 Å². The molecule has 1 aliphatic carbocycles. The van der Waals surface area contributed by atoms with E-state index in [0.717, 1.165) is 5.02 Å². The molecule has 28 heavy (non-hydrogen) atoms. The third-order valence-electron chi connectivity index (χ3n) is 5.95. The molecule has 5 rings (SSSR count). The summed E-state index contributed by atoms with van der Waals surface area (Å²) in [5.74, 6) is 0. The van der Waals surface area contributed by atoms with Gasteiger partial charge in [0.1, 0.15) is 0 Å². The minimum atomic E-state index is -0.413. The fourth-order valence-corrected chi connectivity index (χ4v) is 5.37. The SMILES string of the molecule is Cc1cc(C)c2c(c1)-c1cccc(Cl)c1C2(c1ccccc1)c1ccccc1. The summed E-state index contributed by atoms with van der Waals surface area (Å²) in [6, 6.07) is 32.5. The average Bonchev–Trinajstić information content (AvgIpc) is 3.02. The predicted octanol–water partition coefficient (Wildman–Crippen LogP) is 7.32. The van der Waals surface area contributed by atoms with Crippen LogP contribution in [0.15, 0.2) is 91.0 Å². The molecule has 4 aromatic carbocycles. The Bertz CT molecular complexity index is 1130. The molecule has 0 amide bonds. The minimum absolute atomic E-state index is 0.413. The van der Waals surface area contributed by atoms with E-state index in [1.165, 1.54) is 44.5 Å². The summed E-state index contributed by atoms with van der Waals surface area (Å²) in [4.78, 5) is 0. The van der Waals surface area contributed by atoms with Gasteiger partial charge in [0.05, 0.1) is 5.41 Å². The number of hydrogen-bond acceptors (Lipinski definition) is 0. The van der Waals surface area contributed by atoms with E-state index in [-0.39, 0.29) is 0 Å². The van der Waals surface area contributed by atoms with Crippen LogP contribution in [0.5, 0.6) is 0 Å². The molecule has 0 heterocycles. The van der Waals surface area contributed by atoms with Crippen LogP contribution < -0.4 is 0 Å². The second-order valence-corrected chi connectivity index (χ2v) is 8.06. The van der Waals surface area contributed by atoms with Crippen molar-refractivity contribution in [1.82, 2.24) is 0 Å². The summed E-state index contributed by atoms with van der Waals surface area (Å²) in [6.45, 7) is 4.40. The van der Waals surface area contributed by atoms with Crippen LogP contribution in [0.4, 0.5) is 0 Å². The van der Waals surface area contributed by atoms with E-state index in [2.05, 4.69) is 98.8 Å². The predicted molar refractivity (Wildman–Crippen MR) is 118 cm³/mol. The number of benzene rings is 4. The Kier molecular flexibility index (Phi) is 3.92. The van der Waals surface area contributed by atoms with Crippen LogP contribution in [-0.2, 0) is 5.41 Å². The number of hydrogen-bond donors (Lipinski definition) is 0. The lowest BCUT2D eigenvalue weighted by Crippen LogP contribution is -2.29. The number of fused-ring (bicyclic) bond motifs is 3. The molecule has 0 aliphatic heterocycles. The quantitative estimate of drug-likeness (QED) is 0.301. The van der Waals surface area contributed by atoms with E-state index in [1.807, 2.05) is 6.07 Å². The third-order valence-corrected chi connectivity index (χ3v) is 6.26. The van der Waals surface area contributed by atoms with E-state index >= 15 is 0 Å². The zero-order chi connectivity index (χ0) is 19.3. The maximum Gasteiger partial charge on any atom is 0.0730 e. The topological polar surface area (TPSA) is 0 Å². The molecule has 0 unspecified atom stereocenters. The molecule has 0 atom stereocenters. The van der Waals surface area contributed by atoms with Crippen molar-refractivity contribution in [2.24, 2.45) is 0 Å². The smallest absolute Gasteiger partial charge is 0.0730 e. The van der Waals surface area contributed by atoms with E-state index in [9.17, 15) is 0 Å². The lowest BCUT2D eigenvalue weighted by Gasteiger charge is -2.35. The molecule has 0 N–H and O–H groups in total. The zero-order valence-corrected chi connectivity index (χ0v) is 16.8. The number of rotatable bonds is 2. The normalized spacial score (nSPS) is 13.8. The first-order chi connectivity index (χ1) is 13.6. The Labute approximate surface area is 171 Å². The first-order valence-corrected chi connectivity index (χ1v) is 10.0. The molecule has 0 spiro atoms. The highest BCUT2D eigenvalue weighted by Gasteiger charge is 2.48. The van der Waals surface area contributed by atoms with Gasteiger partial charge in [-0.15, -0.1) is 0 Å². The van der Waals surface area contributed by atoms with Crippen molar-refractivity contribution >= 4 is 11.6 Å². The maximum absolute atomic E-state index is 6.94. The minimum Gasteiger partial charge on any atom is -0.0840 e. The molecular formula is C27H21Cl. The second kappa shape index (κ2) is 6.36.